The molecule has 1 heterocycles. The van der Waals surface area contributed by atoms with E-state index in [4.69, 9.17) is 4.74 Å². The minimum atomic E-state index is -0.784. The number of rotatable bonds is 7. The van der Waals surface area contributed by atoms with Gasteiger partial charge < -0.3 is 15.2 Å². The van der Waals surface area contributed by atoms with Crippen LogP contribution in [0.3, 0.4) is 0 Å². The monoisotopic (exact) mass is 359 g/mol. The lowest BCUT2D eigenvalue weighted by atomic mass is 9.80. The Morgan fingerprint density at radius 3 is 2.86 bits per heavy atom. The van der Waals surface area contributed by atoms with Gasteiger partial charge in [0.1, 0.15) is 5.60 Å². The molecule has 0 bridgehead atoms. The normalized spacial score (nSPS) is 26.2. The molecule has 6 heteroatoms. The van der Waals surface area contributed by atoms with E-state index in [-0.39, 0.29) is 0 Å². The highest BCUT2D eigenvalue weighted by Crippen LogP contribution is 2.40. The lowest BCUT2D eigenvalue weighted by Gasteiger charge is -2.37. The summed E-state index contributed by atoms with van der Waals surface area (Å²) in [5, 5.41) is 19.0. The molecule has 0 saturated heterocycles. The molecule has 1 aromatic heterocycles. The zero-order chi connectivity index (χ0) is 15.3. The van der Waals surface area contributed by atoms with Gasteiger partial charge in [-0.1, -0.05) is 6.92 Å². The number of hydrogen-bond donors (Lipinski definition) is 2. The smallest absolute Gasteiger partial charge is 0.107 e. The van der Waals surface area contributed by atoms with Crippen molar-refractivity contribution in [2.75, 3.05) is 20.3 Å². The van der Waals surface area contributed by atoms with Crippen LogP contribution >= 0.6 is 15.9 Å². The van der Waals surface area contributed by atoms with Gasteiger partial charge in [0, 0.05) is 13.2 Å². The molecule has 1 aromatic rings. The summed E-state index contributed by atoms with van der Waals surface area (Å²) in [6.07, 6.45) is 6.45. The molecule has 0 amide bonds. The molecule has 1 saturated carbocycles. The first-order valence-electron chi connectivity index (χ1n) is 7.77. The summed E-state index contributed by atoms with van der Waals surface area (Å²) >= 11 is 3.54. The zero-order valence-corrected chi connectivity index (χ0v) is 14.5. The van der Waals surface area contributed by atoms with Crippen LogP contribution in [0.15, 0.2) is 10.7 Å². The molecule has 120 valence electrons. The van der Waals surface area contributed by atoms with Crippen LogP contribution in [-0.2, 0) is 16.9 Å². The van der Waals surface area contributed by atoms with Gasteiger partial charge in [0.15, 0.2) is 0 Å². The van der Waals surface area contributed by atoms with Crippen LogP contribution < -0.4 is 5.32 Å². The first-order chi connectivity index (χ1) is 10.1. The van der Waals surface area contributed by atoms with Crippen molar-refractivity contribution >= 4 is 15.9 Å². The van der Waals surface area contributed by atoms with E-state index >= 15 is 0 Å². The maximum absolute atomic E-state index is 11.1. The standard InChI is InChI=1S/C15H26BrN3O2/c1-3-8-17-12-4-6-15(20,7-5-12)14-13(16)11-18-19(14)9-10-21-2/h11-12,17,20H,3-10H2,1-2H3. The number of nitrogens with zero attached hydrogens (tertiary/aromatic N) is 2. The van der Waals surface area contributed by atoms with Gasteiger partial charge >= 0.3 is 0 Å². The van der Waals surface area contributed by atoms with Crippen LogP contribution in [0.4, 0.5) is 0 Å². The van der Waals surface area contributed by atoms with Crippen molar-refractivity contribution in [1.82, 2.24) is 15.1 Å². The van der Waals surface area contributed by atoms with Crippen LogP contribution in [0.5, 0.6) is 0 Å². The second-order valence-electron chi connectivity index (χ2n) is 5.82. The molecule has 0 aromatic carbocycles. The summed E-state index contributed by atoms with van der Waals surface area (Å²) in [6, 6.07) is 0.527. The molecular weight excluding hydrogens is 334 g/mol. The van der Waals surface area contributed by atoms with Gasteiger partial charge in [-0.3, -0.25) is 4.68 Å². The molecule has 0 spiro atoms. The van der Waals surface area contributed by atoms with Gasteiger partial charge in [-0.15, -0.1) is 0 Å². The average Bonchev–Trinajstić information content (AvgIpc) is 2.86. The number of methoxy groups -OCH3 is 1. The molecule has 2 N–H and O–H groups in total. The van der Waals surface area contributed by atoms with Crippen molar-refractivity contribution in [3.8, 4) is 0 Å². The predicted octanol–water partition coefficient (Wildman–Crippen LogP) is 2.42. The average molecular weight is 360 g/mol. The Labute approximate surface area is 135 Å². The highest BCUT2D eigenvalue weighted by Gasteiger charge is 2.38. The molecule has 1 fully saturated rings. The van der Waals surface area contributed by atoms with Crippen LogP contribution in [-0.4, -0.2) is 41.2 Å². The third kappa shape index (κ3) is 4.06. The molecule has 0 unspecified atom stereocenters. The van der Waals surface area contributed by atoms with E-state index in [0.29, 0.717) is 19.2 Å². The van der Waals surface area contributed by atoms with Crippen LogP contribution in [0.2, 0.25) is 0 Å². The van der Waals surface area contributed by atoms with Gasteiger partial charge in [0.25, 0.3) is 0 Å². The molecule has 1 aliphatic rings. The van der Waals surface area contributed by atoms with E-state index in [0.717, 1.165) is 48.8 Å². The Balaban J connectivity index is 2.06. The molecule has 0 aliphatic heterocycles. The zero-order valence-electron chi connectivity index (χ0n) is 12.9. The fraction of sp³-hybridized carbons (Fsp3) is 0.800. The molecule has 0 radical (unpaired) electrons. The molecule has 0 atom stereocenters. The second kappa shape index (κ2) is 7.72. The molecule has 21 heavy (non-hydrogen) atoms. The largest absolute Gasteiger partial charge is 0.384 e. The van der Waals surface area contributed by atoms with Crippen LogP contribution in [0, 0.1) is 0 Å². The highest BCUT2D eigenvalue weighted by molar-refractivity contribution is 9.10. The Morgan fingerprint density at radius 1 is 1.52 bits per heavy atom. The minimum Gasteiger partial charge on any atom is -0.384 e. The van der Waals surface area contributed by atoms with E-state index in [1.165, 1.54) is 0 Å². The third-order valence-corrected chi connectivity index (χ3v) is 4.82. The first-order valence-corrected chi connectivity index (χ1v) is 8.56. The maximum atomic E-state index is 11.1. The first kappa shape index (κ1) is 16.9. The van der Waals surface area contributed by atoms with Gasteiger partial charge in [-0.2, -0.15) is 5.10 Å². The Bertz CT molecular complexity index is 442. The van der Waals surface area contributed by atoms with Gasteiger partial charge in [-0.25, -0.2) is 0 Å². The van der Waals surface area contributed by atoms with E-state index in [1.807, 2.05) is 4.68 Å². The number of aliphatic hydroxyl groups is 1. The minimum absolute atomic E-state index is 0.527. The molecule has 2 rings (SSSR count). The van der Waals surface area contributed by atoms with E-state index in [2.05, 4.69) is 33.3 Å². The number of aromatic nitrogens is 2. The number of halogens is 1. The Hall–Kier alpha value is -0.430. The fourth-order valence-electron chi connectivity index (χ4n) is 3.06. The number of ether oxygens (including phenoxy) is 1. The summed E-state index contributed by atoms with van der Waals surface area (Å²) in [5.74, 6) is 0. The van der Waals surface area contributed by atoms with Crippen molar-refractivity contribution in [3.63, 3.8) is 0 Å². The van der Waals surface area contributed by atoms with Crippen LogP contribution in [0.25, 0.3) is 0 Å². The van der Waals surface area contributed by atoms with E-state index < -0.39 is 5.60 Å². The molecule has 5 nitrogen and oxygen atoms in total. The van der Waals surface area contributed by atoms with Gasteiger partial charge in [0.2, 0.25) is 0 Å². The highest BCUT2D eigenvalue weighted by atomic mass is 79.9. The SMILES string of the molecule is CCCNC1CCC(O)(c2c(Br)cnn2CCOC)CC1. The van der Waals surface area contributed by atoms with Crippen LogP contribution in [0.1, 0.15) is 44.7 Å². The molecular formula is C15H26BrN3O2. The topological polar surface area (TPSA) is 59.3 Å². The summed E-state index contributed by atoms with van der Waals surface area (Å²) in [6.45, 7) is 4.49. The predicted molar refractivity (Wildman–Crippen MR) is 86.2 cm³/mol. The fourth-order valence-corrected chi connectivity index (χ4v) is 3.72. The maximum Gasteiger partial charge on any atom is 0.107 e. The van der Waals surface area contributed by atoms with Crippen molar-refractivity contribution in [1.29, 1.82) is 0 Å². The van der Waals surface area contributed by atoms with Gasteiger partial charge in [-0.05, 0) is 54.6 Å². The van der Waals surface area contributed by atoms with Crippen molar-refractivity contribution in [2.24, 2.45) is 0 Å². The number of hydrogen-bond acceptors (Lipinski definition) is 4. The van der Waals surface area contributed by atoms with E-state index in [9.17, 15) is 5.11 Å². The molecule has 1 aliphatic carbocycles. The van der Waals surface area contributed by atoms with E-state index in [1.54, 1.807) is 13.3 Å². The van der Waals surface area contributed by atoms with Crippen molar-refractivity contribution in [3.05, 3.63) is 16.4 Å². The van der Waals surface area contributed by atoms with Crippen molar-refractivity contribution in [2.45, 2.75) is 57.2 Å². The number of nitrogens with one attached hydrogen (secondary N) is 1. The summed E-state index contributed by atoms with van der Waals surface area (Å²) < 4.78 is 7.88. The lowest BCUT2D eigenvalue weighted by molar-refractivity contribution is -0.0175. The van der Waals surface area contributed by atoms with Gasteiger partial charge in [0.05, 0.1) is 29.5 Å². The third-order valence-electron chi connectivity index (χ3n) is 4.24. The summed E-state index contributed by atoms with van der Waals surface area (Å²) in [4.78, 5) is 0. The lowest BCUT2D eigenvalue weighted by Crippen LogP contribution is -2.41. The Morgan fingerprint density at radius 2 is 2.24 bits per heavy atom. The second-order valence-corrected chi connectivity index (χ2v) is 6.67. The Kier molecular flexibility index (Phi) is 6.22. The van der Waals surface area contributed by atoms with Crippen molar-refractivity contribution < 1.29 is 9.84 Å². The summed E-state index contributed by atoms with van der Waals surface area (Å²) in [7, 11) is 1.68. The quantitative estimate of drug-likeness (QED) is 0.784. The summed E-state index contributed by atoms with van der Waals surface area (Å²) in [5.41, 5.74) is 0.112.